The van der Waals surface area contributed by atoms with Crippen LogP contribution in [0.2, 0.25) is 0 Å². The molecule has 3 nitrogen and oxygen atoms in total. The zero-order chi connectivity index (χ0) is 17.2. The van der Waals surface area contributed by atoms with E-state index in [-0.39, 0.29) is 45.1 Å². The third-order valence-corrected chi connectivity index (χ3v) is 5.66. The van der Waals surface area contributed by atoms with Crippen LogP contribution >= 0.6 is 0 Å². The first-order valence-electron chi connectivity index (χ1n) is 8.22. The maximum Gasteiger partial charge on any atom is 0.248 e. The molecule has 0 radical (unpaired) electrons. The first kappa shape index (κ1) is 15.8. The van der Waals surface area contributed by atoms with Gasteiger partial charge < -0.3 is 10.5 Å². The molecule has 0 aliphatic heterocycles. The summed E-state index contributed by atoms with van der Waals surface area (Å²) in [6, 6.07) is 6.23. The molecule has 2 N–H and O–H groups in total. The van der Waals surface area contributed by atoms with Gasteiger partial charge in [0.1, 0.15) is 22.8 Å². The van der Waals surface area contributed by atoms with Crippen LogP contribution in [0.1, 0.15) is 48.9 Å². The second kappa shape index (κ2) is 4.67. The summed E-state index contributed by atoms with van der Waals surface area (Å²) in [4.78, 5) is 11.1. The third kappa shape index (κ3) is 2.56. The highest BCUT2D eigenvalue weighted by atomic mass is 19.2. The SMILES string of the molecule is NC(=O)c1ccc(OCC23CC4(F)CC(F)(CC(F)(C4)C2)C3)cc1. The Kier molecular flexibility index (Phi) is 3.07. The zero-order valence-corrected chi connectivity index (χ0v) is 13.3. The molecule has 1 aromatic carbocycles. The van der Waals surface area contributed by atoms with Crippen molar-refractivity contribution in [2.24, 2.45) is 11.1 Å². The molecule has 4 aliphatic carbocycles. The molecule has 0 unspecified atom stereocenters. The van der Waals surface area contributed by atoms with Gasteiger partial charge in [-0.2, -0.15) is 0 Å². The van der Waals surface area contributed by atoms with E-state index >= 15 is 0 Å². The van der Waals surface area contributed by atoms with E-state index in [1.807, 2.05) is 0 Å². The summed E-state index contributed by atoms with van der Waals surface area (Å²) < 4.78 is 50.4. The summed E-state index contributed by atoms with van der Waals surface area (Å²) >= 11 is 0. The molecule has 4 saturated carbocycles. The Morgan fingerprint density at radius 3 is 1.79 bits per heavy atom. The van der Waals surface area contributed by atoms with Crippen molar-refractivity contribution in [2.45, 2.75) is 55.5 Å². The molecule has 130 valence electrons. The van der Waals surface area contributed by atoms with Crippen LogP contribution in [0.4, 0.5) is 13.2 Å². The minimum absolute atomic E-state index is 0.0753. The van der Waals surface area contributed by atoms with Crippen LogP contribution in [-0.2, 0) is 0 Å². The summed E-state index contributed by atoms with van der Waals surface area (Å²) in [5.41, 5.74) is -0.578. The zero-order valence-electron chi connectivity index (χ0n) is 13.3. The average molecular weight is 339 g/mol. The van der Waals surface area contributed by atoms with E-state index in [9.17, 15) is 18.0 Å². The number of ether oxygens (including phenoxy) is 1. The summed E-state index contributed by atoms with van der Waals surface area (Å²) in [5, 5.41) is 0. The number of rotatable bonds is 4. The summed E-state index contributed by atoms with van der Waals surface area (Å²) in [5.74, 6) is -0.0646. The monoisotopic (exact) mass is 339 g/mol. The van der Waals surface area contributed by atoms with Gasteiger partial charge in [0.2, 0.25) is 5.91 Å². The van der Waals surface area contributed by atoms with Gasteiger partial charge >= 0.3 is 0 Å². The minimum Gasteiger partial charge on any atom is -0.493 e. The van der Waals surface area contributed by atoms with Gasteiger partial charge in [-0.25, -0.2) is 13.2 Å². The van der Waals surface area contributed by atoms with Crippen molar-refractivity contribution in [1.29, 1.82) is 0 Å². The van der Waals surface area contributed by atoms with Crippen molar-refractivity contribution < 1.29 is 22.7 Å². The van der Waals surface area contributed by atoms with Gasteiger partial charge in [0.25, 0.3) is 0 Å². The normalized spacial score (nSPS) is 43.0. The molecular formula is C18H20F3NO2. The first-order chi connectivity index (χ1) is 11.1. The molecule has 24 heavy (non-hydrogen) atoms. The van der Waals surface area contributed by atoms with Crippen molar-refractivity contribution in [1.82, 2.24) is 0 Å². The standard InChI is InChI=1S/C18H20F3NO2/c19-16-5-15(6-17(20,8-16)10-18(21,7-15)9-16)11-24-13-3-1-12(2-4-13)14(22)23/h1-4H,5-11H2,(H2,22,23). The van der Waals surface area contributed by atoms with Crippen LogP contribution in [0.15, 0.2) is 24.3 Å². The number of carbonyl (C=O) groups is 1. The number of primary amides is 1. The Bertz CT molecular complexity index is 636. The predicted molar refractivity (Wildman–Crippen MR) is 82.1 cm³/mol. The van der Waals surface area contributed by atoms with Crippen LogP contribution < -0.4 is 10.5 Å². The Labute approximate surface area is 138 Å². The Hall–Kier alpha value is -1.72. The molecule has 0 atom stereocenters. The molecule has 6 heteroatoms. The molecule has 4 aliphatic rings. The molecule has 4 bridgehead atoms. The lowest BCUT2D eigenvalue weighted by atomic mass is 9.46. The molecule has 0 aromatic heterocycles. The van der Waals surface area contributed by atoms with Crippen molar-refractivity contribution in [2.75, 3.05) is 6.61 Å². The fourth-order valence-electron chi connectivity index (χ4n) is 5.57. The topological polar surface area (TPSA) is 52.3 Å². The van der Waals surface area contributed by atoms with Gasteiger partial charge in [0, 0.05) is 30.2 Å². The highest BCUT2D eigenvalue weighted by Crippen LogP contribution is 2.68. The number of hydrogen-bond donors (Lipinski definition) is 1. The van der Waals surface area contributed by atoms with E-state index in [1.54, 1.807) is 12.1 Å². The number of halogens is 3. The molecule has 4 fully saturated rings. The maximum atomic E-state index is 14.9. The lowest BCUT2D eigenvalue weighted by molar-refractivity contribution is -0.223. The maximum absolute atomic E-state index is 14.9. The second-order valence-corrected chi connectivity index (χ2v) is 8.19. The molecule has 0 saturated heterocycles. The Morgan fingerprint density at radius 2 is 1.38 bits per heavy atom. The number of benzene rings is 1. The van der Waals surface area contributed by atoms with Crippen molar-refractivity contribution in [3.05, 3.63) is 29.8 Å². The van der Waals surface area contributed by atoms with E-state index < -0.39 is 28.3 Å². The van der Waals surface area contributed by atoms with Crippen LogP contribution in [0.5, 0.6) is 5.75 Å². The number of carbonyl (C=O) groups excluding carboxylic acids is 1. The molecule has 5 rings (SSSR count). The molecule has 1 aromatic rings. The van der Waals surface area contributed by atoms with Crippen molar-refractivity contribution >= 4 is 5.91 Å². The lowest BCUT2D eigenvalue weighted by Crippen LogP contribution is -2.66. The smallest absolute Gasteiger partial charge is 0.248 e. The average Bonchev–Trinajstić information content (AvgIpc) is 2.40. The highest BCUT2D eigenvalue weighted by Gasteiger charge is 2.70. The van der Waals surface area contributed by atoms with Gasteiger partial charge in [-0.05, 0) is 43.5 Å². The van der Waals surface area contributed by atoms with Gasteiger partial charge in [-0.15, -0.1) is 0 Å². The summed E-state index contributed by atoms with van der Waals surface area (Å²) in [6.45, 7) is 0.0753. The molecule has 1 amide bonds. The van der Waals surface area contributed by atoms with Gasteiger partial charge in [0.15, 0.2) is 0 Å². The van der Waals surface area contributed by atoms with Gasteiger partial charge in [-0.3, -0.25) is 4.79 Å². The van der Waals surface area contributed by atoms with E-state index in [2.05, 4.69) is 0 Å². The van der Waals surface area contributed by atoms with Crippen LogP contribution in [0, 0.1) is 5.41 Å². The third-order valence-electron chi connectivity index (χ3n) is 5.66. The van der Waals surface area contributed by atoms with E-state index in [0.29, 0.717) is 11.3 Å². The molecule has 0 heterocycles. The summed E-state index contributed by atoms with van der Waals surface area (Å²) in [7, 11) is 0. The largest absolute Gasteiger partial charge is 0.493 e. The number of amides is 1. The highest BCUT2D eigenvalue weighted by molar-refractivity contribution is 5.92. The van der Waals surface area contributed by atoms with E-state index in [4.69, 9.17) is 10.5 Å². The van der Waals surface area contributed by atoms with Crippen molar-refractivity contribution in [3.8, 4) is 5.75 Å². The Balaban J connectivity index is 1.53. The predicted octanol–water partition coefficient (Wildman–Crippen LogP) is 3.66. The van der Waals surface area contributed by atoms with E-state index in [0.717, 1.165) is 0 Å². The first-order valence-corrected chi connectivity index (χ1v) is 8.22. The number of alkyl halides is 3. The molecule has 0 spiro atoms. The van der Waals surface area contributed by atoms with E-state index in [1.165, 1.54) is 12.1 Å². The van der Waals surface area contributed by atoms with Gasteiger partial charge in [-0.1, -0.05) is 0 Å². The minimum atomic E-state index is -1.77. The fraction of sp³-hybridized carbons (Fsp3) is 0.611. The van der Waals surface area contributed by atoms with Crippen LogP contribution in [0.3, 0.4) is 0 Å². The molecular weight excluding hydrogens is 319 g/mol. The number of hydrogen-bond acceptors (Lipinski definition) is 2. The second-order valence-electron chi connectivity index (χ2n) is 8.19. The summed E-state index contributed by atoms with van der Waals surface area (Å²) in [6.07, 6.45) is -0.133. The number of nitrogens with two attached hydrogens (primary N) is 1. The van der Waals surface area contributed by atoms with Crippen LogP contribution in [-0.4, -0.2) is 29.5 Å². The Morgan fingerprint density at radius 1 is 0.917 bits per heavy atom. The van der Waals surface area contributed by atoms with Crippen LogP contribution in [0.25, 0.3) is 0 Å². The quantitative estimate of drug-likeness (QED) is 0.910. The lowest BCUT2D eigenvalue weighted by Gasteiger charge is -2.62. The van der Waals surface area contributed by atoms with Crippen molar-refractivity contribution in [3.63, 3.8) is 0 Å². The van der Waals surface area contributed by atoms with Gasteiger partial charge in [0.05, 0.1) is 6.61 Å². The fourth-order valence-corrected chi connectivity index (χ4v) is 5.57.